The second-order valence-corrected chi connectivity index (χ2v) is 4.07. The molecule has 0 amide bonds. The van der Waals surface area contributed by atoms with Gasteiger partial charge in [0, 0.05) is 17.8 Å². The largest absolute Gasteiger partial charge is 0.497 e. The molecule has 0 aliphatic carbocycles. The van der Waals surface area contributed by atoms with Gasteiger partial charge in [-0.2, -0.15) is 0 Å². The average Bonchev–Trinajstić information content (AvgIpc) is 2.45. The second-order valence-electron chi connectivity index (χ2n) is 4.07. The molecule has 5 heteroatoms. The van der Waals surface area contributed by atoms with Gasteiger partial charge in [-0.05, 0) is 19.1 Å². The Bertz CT molecular complexity index is 541. The van der Waals surface area contributed by atoms with Crippen LogP contribution in [0.15, 0.2) is 30.5 Å². The monoisotopic (exact) mass is 260 g/mol. The first-order valence-corrected chi connectivity index (χ1v) is 5.91. The molecule has 0 atom stereocenters. The van der Waals surface area contributed by atoms with Gasteiger partial charge in [-0.25, -0.2) is 0 Å². The van der Waals surface area contributed by atoms with Crippen molar-refractivity contribution in [1.82, 2.24) is 9.97 Å². The summed E-state index contributed by atoms with van der Waals surface area (Å²) < 4.78 is 10.8. The van der Waals surface area contributed by atoms with Crippen molar-refractivity contribution in [3.05, 3.63) is 47.5 Å². The van der Waals surface area contributed by atoms with E-state index in [2.05, 4.69) is 9.97 Å². The first-order chi connectivity index (χ1) is 9.21. The SMILES string of the molecule is COc1cc(C)nc(COc2ccc(CO)nc2)c1. The lowest BCUT2D eigenvalue weighted by atomic mass is 10.3. The number of ether oxygens (including phenoxy) is 2. The van der Waals surface area contributed by atoms with Gasteiger partial charge in [-0.15, -0.1) is 0 Å². The zero-order valence-electron chi connectivity index (χ0n) is 11.0. The molecule has 2 rings (SSSR count). The molecule has 0 saturated carbocycles. The van der Waals surface area contributed by atoms with Crippen LogP contribution in [0.4, 0.5) is 0 Å². The predicted octanol–water partition coefficient (Wildman–Crippen LogP) is 1.86. The van der Waals surface area contributed by atoms with Crippen molar-refractivity contribution in [2.75, 3.05) is 7.11 Å². The Morgan fingerprint density at radius 1 is 1.16 bits per heavy atom. The lowest BCUT2D eigenvalue weighted by Gasteiger charge is -2.08. The summed E-state index contributed by atoms with van der Waals surface area (Å²) in [6, 6.07) is 7.19. The molecule has 0 aromatic carbocycles. The predicted molar refractivity (Wildman–Crippen MR) is 70.0 cm³/mol. The van der Waals surface area contributed by atoms with E-state index in [1.54, 1.807) is 25.4 Å². The maximum absolute atomic E-state index is 8.90. The van der Waals surface area contributed by atoms with Crippen molar-refractivity contribution in [3.63, 3.8) is 0 Å². The molecular weight excluding hydrogens is 244 g/mol. The van der Waals surface area contributed by atoms with Gasteiger partial charge in [-0.3, -0.25) is 9.97 Å². The number of hydrogen-bond donors (Lipinski definition) is 1. The summed E-state index contributed by atoms with van der Waals surface area (Å²) >= 11 is 0. The number of nitrogens with zero attached hydrogens (tertiary/aromatic N) is 2. The third-order valence-corrected chi connectivity index (χ3v) is 2.56. The Kier molecular flexibility index (Phi) is 4.30. The molecule has 0 bridgehead atoms. The van der Waals surface area contributed by atoms with Crippen molar-refractivity contribution in [1.29, 1.82) is 0 Å². The standard InChI is InChI=1S/C14H16N2O3/c1-10-5-14(18-2)6-12(16-10)9-19-13-4-3-11(8-17)15-7-13/h3-7,17H,8-9H2,1-2H3. The molecular formula is C14H16N2O3. The number of aliphatic hydroxyl groups is 1. The molecule has 0 aliphatic rings. The van der Waals surface area contributed by atoms with Crippen LogP contribution < -0.4 is 9.47 Å². The van der Waals surface area contributed by atoms with Gasteiger partial charge in [-0.1, -0.05) is 0 Å². The Hall–Kier alpha value is -2.14. The van der Waals surface area contributed by atoms with E-state index in [0.717, 1.165) is 17.1 Å². The summed E-state index contributed by atoms with van der Waals surface area (Å²) in [6.45, 7) is 2.18. The van der Waals surface area contributed by atoms with Crippen LogP contribution in [0.1, 0.15) is 17.1 Å². The summed E-state index contributed by atoms with van der Waals surface area (Å²) in [6.07, 6.45) is 1.58. The maximum Gasteiger partial charge on any atom is 0.138 e. The third-order valence-electron chi connectivity index (χ3n) is 2.56. The number of aromatic nitrogens is 2. The highest BCUT2D eigenvalue weighted by Crippen LogP contribution is 2.16. The Morgan fingerprint density at radius 3 is 2.63 bits per heavy atom. The summed E-state index contributed by atoms with van der Waals surface area (Å²) in [5.41, 5.74) is 2.29. The Labute approximate surface area is 111 Å². The van der Waals surface area contributed by atoms with Gasteiger partial charge >= 0.3 is 0 Å². The minimum atomic E-state index is -0.0725. The Morgan fingerprint density at radius 2 is 2.00 bits per heavy atom. The van der Waals surface area contributed by atoms with E-state index in [4.69, 9.17) is 14.6 Å². The highest BCUT2D eigenvalue weighted by atomic mass is 16.5. The lowest BCUT2D eigenvalue weighted by Crippen LogP contribution is -2.01. The molecule has 0 fully saturated rings. The molecule has 2 aromatic rings. The number of hydrogen-bond acceptors (Lipinski definition) is 5. The number of pyridine rings is 2. The molecule has 2 heterocycles. The second kappa shape index (κ2) is 6.15. The number of methoxy groups -OCH3 is 1. The zero-order valence-corrected chi connectivity index (χ0v) is 11.0. The van der Waals surface area contributed by atoms with E-state index in [9.17, 15) is 0 Å². The van der Waals surface area contributed by atoms with Crippen molar-refractivity contribution in [2.24, 2.45) is 0 Å². The summed E-state index contributed by atoms with van der Waals surface area (Å²) in [5, 5.41) is 8.90. The lowest BCUT2D eigenvalue weighted by molar-refractivity contribution is 0.274. The van der Waals surface area contributed by atoms with Crippen LogP contribution in [0.25, 0.3) is 0 Å². The summed E-state index contributed by atoms with van der Waals surface area (Å²) in [4.78, 5) is 8.41. The van der Waals surface area contributed by atoms with E-state index in [0.29, 0.717) is 18.1 Å². The van der Waals surface area contributed by atoms with Crippen molar-refractivity contribution < 1.29 is 14.6 Å². The molecule has 0 unspecified atom stereocenters. The molecule has 100 valence electrons. The van der Waals surface area contributed by atoms with Crippen molar-refractivity contribution in [3.8, 4) is 11.5 Å². The van der Waals surface area contributed by atoms with E-state index >= 15 is 0 Å². The van der Waals surface area contributed by atoms with E-state index < -0.39 is 0 Å². The molecule has 19 heavy (non-hydrogen) atoms. The highest BCUT2D eigenvalue weighted by Gasteiger charge is 2.02. The van der Waals surface area contributed by atoms with Gasteiger partial charge in [0.2, 0.25) is 0 Å². The van der Waals surface area contributed by atoms with Crippen LogP contribution in [0.3, 0.4) is 0 Å². The van der Waals surface area contributed by atoms with Crippen LogP contribution in [0.5, 0.6) is 11.5 Å². The van der Waals surface area contributed by atoms with Crippen LogP contribution in [0.2, 0.25) is 0 Å². The third kappa shape index (κ3) is 3.66. The smallest absolute Gasteiger partial charge is 0.138 e. The molecule has 0 spiro atoms. The molecule has 2 aromatic heterocycles. The highest BCUT2D eigenvalue weighted by molar-refractivity contribution is 5.27. The number of aliphatic hydroxyl groups excluding tert-OH is 1. The fraction of sp³-hybridized carbons (Fsp3) is 0.286. The van der Waals surface area contributed by atoms with Gasteiger partial charge in [0.25, 0.3) is 0 Å². The van der Waals surface area contributed by atoms with E-state index in [1.165, 1.54) is 0 Å². The van der Waals surface area contributed by atoms with Gasteiger partial charge in [0.1, 0.15) is 18.1 Å². The zero-order chi connectivity index (χ0) is 13.7. The van der Waals surface area contributed by atoms with Crippen LogP contribution in [-0.2, 0) is 13.2 Å². The molecule has 1 N–H and O–H groups in total. The first kappa shape index (κ1) is 13.3. The van der Waals surface area contributed by atoms with Gasteiger partial charge in [0.15, 0.2) is 0 Å². The number of rotatable bonds is 5. The topological polar surface area (TPSA) is 64.5 Å². The van der Waals surface area contributed by atoms with Crippen LogP contribution in [-0.4, -0.2) is 22.2 Å². The van der Waals surface area contributed by atoms with Crippen molar-refractivity contribution >= 4 is 0 Å². The van der Waals surface area contributed by atoms with Gasteiger partial charge in [0.05, 0.1) is 31.3 Å². The van der Waals surface area contributed by atoms with E-state index in [-0.39, 0.29) is 6.61 Å². The van der Waals surface area contributed by atoms with Crippen LogP contribution >= 0.6 is 0 Å². The summed E-state index contributed by atoms with van der Waals surface area (Å²) in [5.74, 6) is 1.40. The van der Waals surface area contributed by atoms with Crippen LogP contribution in [0, 0.1) is 6.92 Å². The minimum absolute atomic E-state index is 0.0725. The fourth-order valence-corrected chi connectivity index (χ4v) is 1.64. The first-order valence-electron chi connectivity index (χ1n) is 5.91. The normalized spacial score (nSPS) is 10.3. The number of aryl methyl sites for hydroxylation is 1. The molecule has 0 saturated heterocycles. The Balaban J connectivity index is 2.03. The van der Waals surface area contributed by atoms with E-state index in [1.807, 2.05) is 19.1 Å². The fourth-order valence-electron chi connectivity index (χ4n) is 1.64. The molecule has 5 nitrogen and oxygen atoms in total. The average molecular weight is 260 g/mol. The maximum atomic E-state index is 8.90. The van der Waals surface area contributed by atoms with Crippen molar-refractivity contribution in [2.45, 2.75) is 20.1 Å². The quantitative estimate of drug-likeness (QED) is 0.889. The molecule has 0 radical (unpaired) electrons. The minimum Gasteiger partial charge on any atom is -0.497 e. The van der Waals surface area contributed by atoms with Gasteiger partial charge < -0.3 is 14.6 Å². The molecule has 0 aliphatic heterocycles. The summed E-state index contributed by atoms with van der Waals surface area (Å²) in [7, 11) is 1.62.